The molecule has 0 saturated heterocycles. The van der Waals surface area contributed by atoms with Crippen LogP contribution in [0.1, 0.15) is 10.4 Å². The Hall–Kier alpha value is -3.30. The molecule has 8 nitrogen and oxygen atoms in total. The average molecular weight is 370 g/mol. The molecule has 3 aromatic rings. The zero-order chi connectivity index (χ0) is 18.9. The molecule has 3 aromatic carbocycles. The fourth-order valence-electron chi connectivity index (χ4n) is 2.29. The summed E-state index contributed by atoms with van der Waals surface area (Å²) in [7, 11) is -4.57. The van der Waals surface area contributed by atoms with Gasteiger partial charge in [-0.2, -0.15) is 10.2 Å². The molecule has 0 aromatic heterocycles. The Kier molecular flexibility index (Phi) is 4.41. The van der Waals surface area contributed by atoms with Crippen molar-refractivity contribution in [2.45, 2.75) is 4.90 Å². The number of hydrogen-bond acceptors (Lipinski definition) is 7. The first-order chi connectivity index (χ1) is 12.2. The minimum atomic E-state index is -4.57. The summed E-state index contributed by atoms with van der Waals surface area (Å²) in [5, 5.41) is 29.4. The van der Waals surface area contributed by atoms with Crippen LogP contribution in [0.2, 0.25) is 0 Å². The van der Waals surface area contributed by atoms with Crippen LogP contribution in [0.5, 0.6) is 5.75 Å². The van der Waals surface area contributed by atoms with E-state index in [1.54, 1.807) is 12.1 Å². The van der Waals surface area contributed by atoms with Gasteiger partial charge in [-0.3, -0.25) is 0 Å². The molecule has 132 valence electrons. The minimum Gasteiger partial charge on any atom is -0.872 e. The van der Waals surface area contributed by atoms with Crippen LogP contribution in [0.3, 0.4) is 0 Å². The van der Waals surface area contributed by atoms with Crippen LogP contribution >= 0.6 is 0 Å². The van der Waals surface area contributed by atoms with E-state index in [0.29, 0.717) is 16.5 Å². The maximum Gasteiger partial charge on any atom is 0.335 e. The second-order valence-corrected chi connectivity index (χ2v) is 6.71. The highest BCUT2D eigenvalue weighted by molar-refractivity contribution is 7.85. The molecule has 0 aliphatic carbocycles. The predicted molar refractivity (Wildman–Crippen MR) is 88.9 cm³/mol. The van der Waals surface area contributed by atoms with Crippen LogP contribution in [0.25, 0.3) is 10.8 Å². The van der Waals surface area contributed by atoms with E-state index < -0.39 is 27.4 Å². The first-order valence-electron chi connectivity index (χ1n) is 7.20. The molecule has 0 bridgehead atoms. The molecule has 9 heteroatoms. The van der Waals surface area contributed by atoms with Gasteiger partial charge < -0.3 is 14.8 Å². The Morgan fingerprint density at radius 1 is 0.885 bits per heavy atom. The Morgan fingerprint density at radius 3 is 2.15 bits per heavy atom. The monoisotopic (exact) mass is 370 g/mol. The summed E-state index contributed by atoms with van der Waals surface area (Å²) in [4.78, 5) is 10.6. The number of nitrogens with zero attached hydrogens (tertiary/aromatic N) is 2. The Balaban J connectivity index is 1.97. The molecule has 0 atom stereocenters. The van der Waals surface area contributed by atoms with Crippen molar-refractivity contribution < 1.29 is 28.0 Å². The Bertz CT molecular complexity index is 1160. The van der Waals surface area contributed by atoms with E-state index in [4.69, 9.17) is 5.11 Å². The smallest absolute Gasteiger partial charge is 0.335 e. The van der Waals surface area contributed by atoms with Gasteiger partial charge in [0.25, 0.3) is 0 Å². The fraction of sp³-hybridized carbons (Fsp3) is 0. The predicted octanol–water partition coefficient (Wildman–Crippen LogP) is 2.93. The second kappa shape index (κ2) is 6.54. The zero-order valence-electron chi connectivity index (χ0n) is 13.0. The highest BCUT2D eigenvalue weighted by Gasteiger charge is 2.06. The SMILES string of the molecule is O=C(O)c1cc(N=Nc2ccc3ccc(S(=O)(=O)[O-])cc3c2)ccc1[O-]. The normalized spacial score (nSPS) is 11.9. The van der Waals surface area contributed by atoms with E-state index in [0.717, 1.165) is 12.1 Å². The molecule has 26 heavy (non-hydrogen) atoms. The maximum absolute atomic E-state index is 11.4. The van der Waals surface area contributed by atoms with Gasteiger partial charge in [-0.25, -0.2) is 13.2 Å². The van der Waals surface area contributed by atoms with Gasteiger partial charge in [0.2, 0.25) is 0 Å². The Morgan fingerprint density at radius 2 is 1.50 bits per heavy atom. The van der Waals surface area contributed by atoms with Crippen molar-refractivity contribution >= 4 is 38.2 Å². The van der Waals surface area contributed by atoms with Crippen molar-refractivity contribution in [3.8, 4) is 5.75 Å². The van der Waals surface area contributed by atoms with Gasteiger partial charge in [0, 0.05) is 0 Å². The first-order valence-corrected chi connectivity index (χ1v) is 8.61. The summed E-state index contributed by atoms with van der Waals surface area (Å²) in [5.41, 5.74) is 0.129. The average Bonchev–Trinajstić information content (AvgIpc) is 2.59. The highest BCUT2D eigenvalue weighted by Crippen LogP contribution is 2.27. The van der Waals surface area contributed by atoms with E-state index in [1.165, 1.54) is 30.3 Å². The van der Waals surface area contributed by atoms with Gasteiger partial charge in [-0.05, 0) is 47.2 Å². The number of carboxylic acid groups (broad SMARTS) is 1. The van der Waals surface area contributed by atoms with Gasteiger partial charge in [0.15, 0.2) is 0 Å². The zero-order valence-corrected chi connectivity index (χ0v) is 13.8. The molecule has 0 spiro atoms. The topological polar surface area (TPSA) is 142 Å². The molecular weight excluding hydrogens is 360 g/mol. The third kappa shape index (κ3) is 3.68. The molecule has 0 aliphatic heterocycles. The minimum absolute atomic E-state index is 0.179. The molecule has 0 saturated carbocycles. The summed E-state index contributed by atoms with van der Waals surface area (Å²) >= 11 is 0. The van der Waals surface area contributed by atoms with Crippen LogP contribution in [0, 0.1) is 0 Å². The lowest BCUT2D eigenvalue weighted by atomic mass is 10.1. The number of benzene rings is 3. The fourth-order valence-corrected chi connectivity index (χ4v) is 2.80. The maximum atomic E-state index is 11.4. The van der Waals surface area contributed by atoms with Gasteiger partial charge in [0.1, 0.15) is 10.1 Å². The largest absolute Gasteiger partial charge is 0.872 e. The lowest BCUT2D eigenvalue weighted by Crippen LogP contribution is -2.02. The Labute approximate surface area is 147 Å². The van der Waals surface area contributed by atoms with Crippen LogP contribution in [0.4, 0.5) is 11.4 Å². The van der Waals surface area contributed by atoms with Crippen LogP contribution < -0.4 is 5.11 Å². The van der Waals surface area contributed by atoms with Gasteiger partial charge in [0.05, 0.1) is 21.8 Å². The van der Waals surface area contributed by atoms with E-state index >= 15 is 0 Å². The number of carboxylic acids is 1. The van der Waals surface area contributed by atoms with Crippen molar-refractivity contribution in [1.82, 2.24) is 0 Å². The third-order valence-corrected chi connectivity index (χ3v) is 4.39. The standard InChI is InChI=1S/C17H12N2O6S/c20-16-6-4-13(9-15(16)17(21)22)19-18-12-3-1-10-2-5-14(26(23,24)25)8-11(10)7-12/h1-9,20H,(H,21,22)(H,23,24,25)/p-2. The third-order valence-electron chi connectivity index (χ3n) is 3.56. The van der Waals surface area contributed by atoms with Crippen molar-refractivity contribution in [2.75, 3.05) is 0 Å². The lowest BCUT2D eigenvalue weighted by molar-refractivity contribution is -0.268. The number of carbonyl (C=O) groups is 1. The van der Waals surface area contributed by atoms with Crippen LogP contribution in [-0.2, 0) is 10.1 Å². The first kappa shape index (κ1) is 17.5. The summed E-state index contributed by atoms with van der Waals surface area (Å²) in [6, 6.07) is 12.3. The van der Waals surface area contributed by atoms with Gasteiger partial charge in [-0.1, -0.05) is 23.9 Å². The molecule has 0 amide bonds. The summed E-state index contributed by atoms with van der Waals surface area (Å²) in [6.45, 7) is 0. The quantitative estimate of drug-likeness (QED) is 0.552. The van der Waals surface area contributed by atoms with Crippen molar-refractivity contribution in [3.05, 3.63) is 60.2 Å². The molecule has 0 heterocycles. The van der Waals surface area contributed by atoms with Crippen LogP contribution in [0.15, 0.2) is 69.7 Å². The van der Waals surface area contributed by atoms with E-state index in [9.17, 15) is 22.9 Å². The number of hydrogen-bond donors (Lipinski definition) is 1. The number of fused-ring (bicyclic) bond motifs is 1. The van der Waals surface area contributed by atoms with Gasteiger partial charge in [-0.15, -0.1) is 0 Å². The van der Waals surface area contributed by atoms with E-state index in [1.807, 2.05) is 0 Å². The molecule has 0 fully saturated rings. The highest BCUT2D eigenvalue weighted by atomic mass is 32.2. The number of rotatable bonds is 4. The number of aromatic carboxylic acids is 1. The van der Waals surface area contributed by atoms with Crippen LogP contribution in [-0.4, -0.2) is 24.0 Å². The van der Waals surface area contributed by atoms with E-state index in [2.05, 4.69) is 10.2 Å². The van der Waals surface area contributed by atoms with E-state index in [-0.39, 0.29) is 10.6 Å². The molecule has 0 radical (unpaired) electrons. The van der Waals surface area contributed by atoms with Crippen molar-refractivity contribution in [1.29, 1.82) is 0 Å². The molecular formula is C17H10N2O6S-2. The van der Waals surface area contributed by atoms with Crippen molar-refractivity contribution in [2.24, 2.45) is 10.2 Å². The second-order valence-electron chi connectivity index (χ2n) is 5.33. The summed E-state index contributed by atoms with van der Waals surface area (Å²) < 4.78 is 33.3. The van der Waals surface area contributed by atoms with Gasteiger partial charge >= 0.3 is 5.97 Å². The summed E-state index contributed by atoms with van der Waals surface area (Å²) in [6.07, 6.45) is 0. The molecule has 1 N–H and O–H groups in total. The lowest BCUT2D eigenvalue weighted by Gasteiger charge is -2.09. The van der Waals surface area contributed by atoms with Crippen molar-refractivity contribution in [3.63, 3.8) is 0 Å². The number of azo groups is 1. The molecule has 3 rings (SSSR count). The molecule has 0 unspecified atom stereocenters. The summed E-state index contributed by atoms with van der Waals surface area (Å²) in [5.74, 6) is -1.99. The molecule has 0 aliphatic rings.